The normalized spacial score (nSPS) is 16.4. The standard InChI is InChI=1S/C19H25NO/c1-2-3-7-14-10-11-18-16(12-14)17(13-21)19(20-18)15-8-5-4-6-9-15/h10-13,15,20H,2-9H2,1H3. The van der Waals surface area contributed by atoms with E-state index in [0.29, 0.717) is 5.92 Å². The average Bonchev–Trinajstić information content (AvgIpc) is 2.91. The monoisotopic (exact) mass is 283 g/mol. The van der Waals surface area contributed by atoms with Gasteiger partial charge in [-0.25, -0.2) is 0 Å². The third-order valence-corrected chi connectivity index (χ3v) is 4.88. The minimum absolute atomic E-state index is 0.547. The van der Waals surface area contributed by atoms with Crippen molar-refractivity contribution in [3.63, 3.8) is 0 Å². The molecule has 1 aromatic heterocycles. The van der Waals surface area contributed by atoms with E-state index in [9.17, 15) is 4.79 Å². The zero-order chi connectivity index (χ0) is 14.7. The van der Waals surface area contributed by atoms with Gasteiger partial charge in [-0.05, 0) is 49.3 Å². The van der Waals surface area contributed by atoms with Gasteiger partial charge in [-0.3, -0.25) is 4.79 Å². The highest BCUT2D eigenvalue weighted by atomic mass is 16.1. The van der Waals surface area contributed by atoms with E-state index in [-0.39, 0.29) is 0 Å². The molecule has 0 atom stereocenters. The number of carbonyl (C=O) groups is 1. The zero-order valence-electron chi connectivity index (χ0n) is 13.0. The number of nitrogens with one attached hydrogen (secondary N) is 1. The topological polar surface area (TPSA) is 32.9 Å². The second-order valence-corrected chi connectivity index (χ2v) is 6.39. The number of aldehydes is 1. The van der Waals surface area contributed by atoms with Gasteiger partial charge >= 0.3 is 0 Å². The number of unbranched alkanes of at least 4 members (excludes halogenated alkanes) is 1. The summed E-state index contributed by atoms with van der Waals surface area (Å²) in [6.45, 7) is 2.22. The SMILES string of the molecule is CCCCc1ccc2[nH]c(C3CCCCC3)c(C=O)c2c1. The largest absolute Gasteiger partial charge is 0.358 e. The van der Waals surface area contributed by atoms with Gasteiger partial charge in [-0.2, -0.15) is 0 Å². The minimum atomic E-state index is 0.547. The first-order chi connectivity index (χ1) is 10.3. The van der Waals surface area contributed by atoms with Crippen LogP contribution in [-0.4, -0.2) is 11.3 Å². The smallest absolute Gasteiger partial charge is 0.152 e. The highest BCUT2D eigenvalue weighted by molar-refractivity contribution is 5.99. The Kier molecular flexibility index (Phi) is 4.42. The van der Waals surface area contributed by atoms with Crippen LogP contribution in [0.15, 0.2) is 18.2 Å². The molecule has 1 aliphatic carbocycles. The molecule has 0 bridgehead atoms. The highest BCUT2D eigenvalue weighted by Gasteiger charge is 2.22. The van der Waals surface area contributed by atoms with Crippen LogP contribution in [0.2, 0.25) is 0 Å². The Morgan fingerprint density at radius 1 is 1.24 bits per heavy atom. The third-order valence-electron chi connectivity index (χ3n) is 4.88. The number of fused-ring (bicyclic) bond motifs is 1. The highest BCUT2D eigenvalue weighted by Crippen LogP contribution is 2.36. The van der Waals surface area contributed by atoms with Gasteiger partial charge in [0, 0.05) is 22.2 Å². The molecule has 0 saturated heterocycles. The lowest BCUT2D eigenvalue weighted by atomic mass is 9.85. The Hall–Kier alpha value is -1.57. The molecule has 1 heterocycles. The summed E-state index contributed by atoms with van der Waals surface area (Å²) >= 11 is 0. The van der Waals surface area contributed by atoms with E-state index in [0.717, 1.165) is 29.2 Å². The van der Waals surface area contributed by atoms with Crippen LogP contribution >= 0.6 is 0 Å². The third kappa shape index (κ3) is 2.90. The molecule has 2 heteroatoms. The van der Waals surface area contributed by atoms with Gasteiger partial charge in [-0.1, -0.05) is 38.7 Å². The van der Waals surface area contributed by atoms with Crippen molar-refractivity contribution < 1.29 is 4.79 Å². The van der Waals surface area contributed by atoms with E-state index in [4.69, 9.17) is 0 Å². The molecule has 1 aromatic carbocycles. The number of carbonyl (C=O) groups excluding carboxylic acids is 1. The molecule has 1 saturated carbocycles. The van der Waals surface area contributed by atoms with Gasteiger partial charge in [0.1, 0.15) is 0 Å². The first-order valence-electron chi connectivity index (χ1n) is 8.43. The van der Waals surface area contributed by atoms with Crippen molar-refractivity contribution in [2.24, 2.45) is 0 Å². The van der Waals surface area contributed by atoms with Crippen LogP contribution in [0.5, 0.6) is 0 Å². The van der Waals surface area contributed by atoms with Gasteiger partial charge in [0.2, 0.25) is 0 Å². The summed E-state index contributed by atoms with van der Waals surface area (Å²) in [5.41, 5.74) is 4.57. The molecule has 0 amide bonds. The number of aromatic amines is 1. The Morgan fingerprint density at radius 2 is 2.05 bits per heavy atom. The Balaban J connectivity index is 1.99. The molecular formula is C19H25NO. The summed E-state index contributed by atoms with van der Waals surface area (Å²) in [5.74, 6) is 0.547. The molecule has 2 aromatic rings. The van der Waals surface area contributed by atoms with Crippen LogP contribution < -0.4 is 0 Å². The predicted octanol–water partition coefficient (Wildman–Crippen LogP) is 5.37. The summed E-state index contributed by atoms with van der Waals surface area (Å²) in [7, 11) is 0. The van der Waals surface area contributed by atoms with Crippen molar-refractivity contribution in [3.05, 3.63) is 35.0 Å². The van der Waals surface area contributed by atoms with E-state index < -0.39 is 0 Å². The van der Waals surface area contributed by atoms with E-state index in [1.54, 1.807) is 0 Å². The van der Waals surface area contributed by atoms with Crippen molar-refractivity contribution in [1.29, 1.82) is 0 Å². The fraction of sp³-hybridized carbons (Fsp3) is 0.526. The lowest BCUT2D eigenvalue weighted by Crippen LogP contribution is -2.06. The van der Waals surface area contributed by atoms with Crippen molar-refractivity contribution >= 4 is 17.2 Å². The fourth-order valence-electron chi connectivity index (χ4n) is 3.66. The van der Waals surface area contributed by atoms with Crippen LogP contribution in [0.1, 0.15) is 79.4 Å². The van der Waals surface area contributed by atoms with Crippen molar-refractivity contribution in [3.8, 4) is 0 Å². The minimum Gasteiger partial charge on any atom is -0.358 e. The molecule has 0 spiro atoms. The summed E-state index contributed by atoms with van der Waals surface area (Å²) in [6, 6.07) is 6.57. The Bertz CT molecular complexity index is 620. The molecule has 1 N–H and O–H groups in total. The molecule has 0 aliphatic heterocycles. The molecule has 3 rings (SSSR count). The van der Waals surface area contributed by atoms with E-state index >= 15 is 0 Å². The summed E-state index contributed by atoms with van der Waals surface area (Å²) < 4.78 is 0. The number of aryl methyl sites for hydroxylation is 1. The molecule has 21 heavy (non-hydrogen) atoms. The number of aromatic nitrogens is 1. The molecule has 1 fully saturated rings. The van der Waals surface area contributed by atoms with Crippen LogP contribution in [0.4, 0.5) is 0 Å². The maximum Gasteiger partial charge on any atom is 0.152 e. The van der Waals surface area contributed by atoms with Gasteiger partial charge in [0.05, 0.1) is 0 Å². The zero-order valence-corrected chi connectivity index (χ0v) is 13.0. The molecule has 112 valence electrons. The van der Waals surface area contributed by atoms with E-state index in [1.807, 2.05) is 0 Å². The lowest BCUT2D eigenvalue weighted by Gasteiger charge is -2.21. The molecule has 1 aliphatic rings. The number of rotatable bonds is 5. The number of H-pyrrole nitrogens is 1. The van der Waals surface area contributed by atoms with E-state index in [1.165, 1.54) is 56.2 Å². The van der Waals surface area contributed by atoms with Gasteiger partial charge in [-0.15, -0.1) is 0 Å². The fourth-order valence-corrected chi connectivity index (χ4v) is 3.66. The maximum atomic E-state index is 11.7. The number of hydrogen-bond acceptors (Lipinski definition) is 1. The summed E-state index contributed by atoms with van der Waals surface area (Å²) in [5, 5.41) is 1.12. The number of benzene rings is 1. The Labute approximate surface area is 126 Å². The average molecular weight is 283 g/mol. The van der Waals surface area contributed by atoms with Crippen molar-refractivity contribution in [2.75, 3.05) is 0 Å². The Morgan fingerprint density at radius 3 is 2.76 bits per heavy atom. The maximum absolute atomic E-state index is 11.7. The van der Waals surface area contributed by atoms with Gasteiger partial charge in [0.25, 0.3) is 0 Å². The van der Waals surface area contributed by atoms with Crippen LogP contribution in [0.3, 0.4) is 0 Å². The summed E-state index contributed by atoms with van der Waals surface area (Å²) in [6.07, 6.45) is 10.9. The van der Waals surface area contributed by atoms with Crippen LogP contribution in [-0.2, 0) is 6.42 Å². The van der Waals surface area contributed by atoms with Crippen molar-refractivity contribution in [1.82, 2.24) is 4.98 Å². The van der Waals surface area contributed by atoms with Crippen molar-refractivity contribution in [2.45, 2.75) is 64.2 Å². The second-order valence-electron chi connectivity index (χ2n) is 6.39. The first kappa shape index (κ1) is 14.4. The predicted molar refractivity (Wildman–Crippen MR) is 88.1 cm³/mol. The first-order valence-corrected chi connectivity index (χ1v) is 8.43. The molecule has 2 nitrogen and oxygen atoms in total. The van der Waals surface area contributed by atoms with Crippen LogP contribution in [0, 0.1) is 0 Å². The number of hydrogen-bond donors (Lipinski definition) is 1. The second kappa shape index (κ2) is 6.46. The summed E-state index contributed by atoms with van der Waals surface area (Å²) in [4.78, 5) is 15.2. The molecular weight excluding hydrogens is 258 g/mol. The van der Waals surface area contributed by atoms with Crippen LogP contribution in [0.25, 0.3) is 10.9 Å². The lowest BCUT2D eigenvalue weighted by molar-refractivity contribution is 0.112. The molecule has 0 radical (unpaired) electrons. The quantitative estimate of drug-likeness (QED) is 0.735. The van der Waals surface area contributed by atoms with E-state index in [2.05, 4.69) is 30.1 Å². The van der Waals surface area contributed by atoms with Gasteiger partial charge < -0.3 is 4.98 Å². The van der Waals surface area contributed by atoms with Gasteiger partial charge in [0.15, 0.2) is 6.29 Å². The molecule has 0 unspecified atom stereocenters.